The molecule has 1 aliphatic heterocycles. The van der Waals surface area contributed by atoms with E-state index in [1.54, 1.807) is 0 Å². The Balaban J connectivity index is 1.86. The smallest absolute Gasteiger partial charge is 0.120 e. The van der Waals surface area contributed by atoms with E-state index in [9.17, 15) is 0 Å². The monoisotopic (exact) mass is 346 g/mol. The van der Waals surface area contributed by atoms with Gasteiger partial charge in [-0.05, 0) is 48.2 Å². The van der Waals surface area contributed by atoms with Crippen molar-refractivity contribution < 1.29 is 9.47 Å². The highest BCUT2D eigenvalue weighted by atomic mass is 79.9. The number of ether oxygens (including phenoxy) is 2. The molecule has 0 amide bonds. The Labute approximate surface area is 134 Å². The number of alkyl halides is 1. The summed E-state index contributed by atoms with van der Waals surface area (Å²) in [6.07, 6.45) is 0.186. The second-order valence-electron chi connectivity index (χ2n) is 5.62. The van der Waals surface area contributed by atoms with Crippen LogP contribution in [0.15, 0.2) is 42.5 Å². The summed E-state index contributed by atoms with van der Waals surface area (Å²) in [7, 11) is 0. The largest absolute Gasteiger partial charge is 0.491 e. The van der Waals surface area contributed by atoms with E-state index in [1.807, 2.05) is 26.0 Å². The summed E-state index contributed by atoms with van der Waals surface area (Å²) in [4.78, 5) is 0.166. The first-order chi connectivity index (χ1) is 10.1. The van der Waals surface area contributed by atoms with Gasteiger partial charge in [-0.15, -0.1) is 0 Å². The fourth-order valence-electron chi connectivity index (χ4n) is 2.56. The molecule has 0 spiro atoms. The van der Waals surface area contributed by atoms with Gasteiger partial charge in [-0.2, -0.15) is 0 Å². The standard InChI is InChI=1S/C18H19BrO2/c1-12(2)21-17-5-3-4-13(9-17)18(19)14-6-7-15-10-20-11-16(15)8-14/h3-9,12,18H,10-11H2,1-2H3. The van der Waals surface area contributed by atoms with Gasteiger partial charge in [-0.3, -0.25) is 0 Å². The van der Waals surface area contributed by atoms with Crippen LogP contribution in [0.5, 0.6) is 5.75 Å². The van der Waals surface area contributed by atoms with Crippen LogP contribution in [-0.4, -0.2) is 6.10 Å². The first-order valence-electron chi connectivity index (χ1n) is 7.23. The van der Waals surface area contributed by atoms with Crippen LogP contribution in [-0.2, 0) is 18.0 Å². The zero-order chi connectivity index (χ0) is 14.8. The van der Waals surface area contributed by atoms with Gasteiger partial charge in [0.25, 0.3) is 0 Å². The van der Waals surface area contributed by atoms with Crippen LogP contribution in [0.1, 0.15) is 40.9 Å². The minimum atomic E-state index is 0.166. The second-order valence-corrected chi connectivity index (χ2v) is 6.54. The SMILES string of the molecule is CC(C)Oc1cccc(C(Br)c2ccc3c(c2)COC3)c1. The zero-order valence-electron chi connectivity index (χ0n) is 12.3. The number of fused-ring (bicyclic) bond motifs is 1. The maximum atomic E-state index is 5.77. The van der Waals surface area contributed by atoms with Gasteiger partial charge >= 0.3 is 0 Å². The van der Waals surface area contributed by atoms with E-state index in [0.29, 0.717) is 0 Å². The summed E-state index contributed by atoms with van der Waals surface area (Å²) in [6.45, 7) is 5.54. The van der Waals surface area contributed by atoms with E-state index in [1.165, 1.54) is 22.3 Å². The molecular weight excluding hydrogens is 328 g/mol. The van der Waals surface area contributed by atoms with Crippen molar-refractivity contribution in [2.45, 2.75) is 38.0 Å². The normalized spacial score (nSPS) is 15.0. The average molecular weight is 347 g/mol. The van der Waals surface area contributed by atoms with Crippen molar-refractivity contribution in [2.24, 2.45) is 0 Å². The Hall–Kier alpha value is -1.32. The molecule has 1 aliphatic rings. The molecule has 3 heteroatoms. The van der Waals surface area contributed by atoms with Crippen molar-refractivity contribution in [3.8, 4) is 5.75 Å². The van der Waals surface area contributed by atoms with Crippen LogP contribution in [0.3, 0.4) is 0 Å². The van der Waals surface area contributed by atoms with Crippen LogP contribution in [0.2, 0.25) is 0 Å². The van der Waals surface area contributed by atoms with Crippen LogP contribution in [0.25, 0.3) is 0 Å². The Kier molecular flexibility index (Phi) is 4.32. The number of halogens is 1. The number of hydrogen-bond donors (Lipinski definition) is 0. The third-order valence-electron chi connectivity index (χ3n) is 3.56. The first kappa shape index (κ1) is 14.6. The molecule has 2 aromatic carbocycles. The van der Waals surface area contributed by atoms with E-state index in [2.05, 4.69) is 46.3 Å². The van der Waals surface area contributed by atoms with Gasteiger partial charge in [-0.1, -0.05) is 46.3 Å². The van der Waals surface area contributed by atoms with Crippen molar-refractivity contribution >= 4 is 15.9 Å². The van der Waals surface area contributed by atoms with E-state index >= 15 is 0 Å². The Bertz CT molecular complexity index is 637. The summed E-state index contributed by atoms with van der Waals surface area (Å²) in [6, 6.07) is 14.8. The fourth-order valence-corrected chi connectivity index (χ4v) is 3.13. The highest BCUT2D eigenvalue weighted by Gasteiger charge is 2.16. The second kappa shape index (κ2) is 6.20. The lowest BCUT2D eigenvalue weighted by Gasteiger charge is -2.15. The van der Waals surface area contributed by atoms with E-state index < -0.39 is 0 Å². The molecule has 0 aliphatic carbocycles. The summed E-state index contributed by atoms with van der Waals surface area (Å²) in [5, 5.41) is 0. The lowest BCUT2D eigenvalue weighted by atomic mass is 10.0. The van der Waals surface area contributed by atoms with Crippen LogP contribution in [0.4, 0.5) is 0 Å². The topological polar surface area (TPSA) is 18.5 Å². The van der Waals surface area contributed by atoms with E-state index in [-0.39, 0.29) is 10.9 Å². The molecule has 1 heterocycles. The van der Waals surface area contributed by atoms with Crippen molar-refractivity contribution in [1.29, 1.82) is 0 Å². The van der Waals surface area contributed by atoms with Crippen molar-refractivity contribution in [1.82, 2.24) is 0 Å². The molecule has 2 nitrogen and oxygen atoms in total. The van der Waals surface area contributed by atoms with Gasteiger partial charge in [0.1, 0.15) is 5.75 Å². The molecule has 0 saturated heterocycles. The predicted molar refractivity (Wildman–Crippen MR) is 87.9 cm³/mol. The van der Waals surface area contributed by atoms with E-state index in [0.717, 1.165) is 19.0 Å². The van der Waals surface area contributed by atoms with Gasteiger partial charge in [0.15, 0.2) is 0 Å². The molecule has 0 fully saturated rings. The lowest BCUT2D eigenvalue weighted by Crippen LogP contribution is -2.06. The molecule has 0 saturated carbocycles. The molecule has 110 valence electrons. The molecule has 21 heavy (non-hydrogen) atoms. The van der Waals surface area contributed by atoms with Gasteiger partial charge in [-0.25, -0.2) is 0 Å². The van der Waals surface area contributed by atoms with Gasteiger partial charge in [0, 0.05) is 0 Å². The van der Waals surface area contributed by atoms with Crippen LogP contribution < -0.4 is 4.74 Å². The highest BCUT2D eigenvalue weighted by molar-refractivity contribution is 9.09. The Morgan fingerprint density at radius 1 is 1.00 bits per heavy atom. The van der Waals surface area contributed by atoms with Gasteiger partial charge < -0.3 is 9.47 Å². The quantitative estimate of drug-likeness (QED) is 0.726. The molecule has 1 atom stereocenters. The molecule has 3 rings (SSSR count). The molecule has 0 bridgehead atoms. The molecule has 0 N–H and O–H groups in total. The third-order valence-corrected chi connectivity index (χ3v) is 4.62. The molecule has 0 radical (unpaired) electrons. The number of hydrogen-bond acceptors (Lipinski definition) is 2. The average Bonchev–Trinajstić information content (AvgIpc) is 2.93. The first-order valence-corrected chi connectivity index (χ1v) is 8.15. The van der Waals surface area contributed by atoms with Gasteiger partial charge in [0.05, 0.1) is 24.1 Å². The summed E-state index contributed by atoms with van der Waals surface area (Å²) < 4.78 is 11.3. The summed E-state index contributed by atoms with van der Waals surface area (Å²) in [5.74, 6) is 0.913. The fraction of sp³-hybridized carbons (Fsp3) is 0.333. The van der Waals surface area contributed by atoms with Crippen molar-refractivity contribution in [3.05, 3.63) is 64.7 Å². The molecule has 2 aromatic rings. The van der Waals surface area contributed by atoms with Crippen LogP contribution >= 0.6 is 15.9 Å². The molecular formula is C18H19BrO2. The predicted octanol–water partition coefficient (Wildman–Crippen LogP) is 4.99. The highest BCUT2D eigenvalue weighted by Crippen LogP contribution is 2.34. The minimum Gasteiger partial charge on any atom is -0.491 e. The van der Waals surface area contributed by atoms with Gasteiger partial charge in [0.2, 0.25) is 0 Å². The Morgan fingerprint density at radius 2 is 1.76 bits per heavy atom. The number of benzene rings is 2. The van der Waals surface area contributed by atoms with Crippen molar-refractivity contribution in [2.75, 3.05) is 0 Å². The third kappa shape index (κ3) is 3.30. The Morgan fingerprint density at radius 3 is 2.57 bits per heavy atom. The van der Waals surface area contributed by atoms with Crippen molar-refractivity contribution in [3.63, 3.8) is 0 Å². The maximum absolute atomic E-state index is 5.77. The summed E-state index contributed by atoms with van der Waals surface area (Å²) >= 11 is 3.81. The van der Waals surface area contributed by atoms with Crippen LogP contribution in [0, 0.1) is 0 Å². The minimum absolute atomic E-state index is 0.166. The van der Waals surface area contributed by atoms with E-state index in [4.69, 9.17) is 9.47 Å². The lowest BCUT2D eigenvalue weighted by molar-refractivity contribution is 0.134. The zero-order valence-corrected chi connectivity index (χ0v) is 13.9. The summed E-state index contributed by atoms with van der Waals surface area (Å²) in [5.41, 5.74) is 5.05. The maximum Gasteiger partial charge on any atom is 0.120 e. The molecule has 1 unspecified atom stereocenters. The molecule has 0 aromatic heterocycles. The number of rotatable bonds is 4.